The molecule has 284 valence electrons. The summed E-state index contributed by atoms with van der Waals surface area (Å²) in [7, 11) is 7.12. The monoisotopic (exact) mass is 699 g/mol. The quantitative estimate of drug-likeness (QED) is 0.374. The number of carbonyl (C=O) groups is 2. The van der Waals surface area contributed by atoms with Crippen LogP contribution in [0.2, 0.25) is 0 Å². The van der Waals surface area contributed by atoms with E-state index in [-0.39, 0.29) is 55.2 Å². The molecule has 4 fully saturated rings. The molecular formula is C36H65N3O10. The largest absolute Gasteiger partial charge is 0.387 e. The van der Waals surface area contributed by atoms with Gasteiger partial charge in [0.25, 0.3) is 0 Å². The van der Waals surface area contributed by atoms with Crippen LogP contribution in [0, 0.1) is 17.8 Å². The van der Waals surface area contributed by atoms with Crippen LogP contribution in [0.5, 0.6) is 0 Å². The highest BCUT2D eigenvalue weighted by molar-refractivity contribution is 5.82. The molecule has 3 N–H and O–H groups in total. The fourth-order valence-electron chi connectivity index (χ4n) is 8.83. The molecule has 0 unspecified atom stereocenters. The Morgan fingerprint density at radius 1 is 1.00 bits per heavy atom. The van der Waals surface area contributed by atoms with Crippen LogP contribution in [0.4, 0.5) is 0 Å². The molecule has 4 aliphatic heterocycles. The number of hydrogen-bond donors (Lipinski definition) is 3. The van der Waals surface area contributed by atoms with Gasteiger partial charge in [0, 0.05) is 58.1 Å². The minimum Gasteiger partial charge on any atom is -0.387 e. The molecular weight excluding hydrogens is 634 g/mol. The number of likely N-dealkylation sites (N-methyl/N-ethyl adjacent to an activating group) is 1. The summed E-state index contributed by atoms with van der Waals surface area (Å²) >= 11 is 0. The molecule has 0 aromatic rings. The van der Waals surface area contributed by atoms with Crippen molar-refractivity contribution in [1.29, 1.82) is 0 Å². The molecule has 49 heavy (non-hydrogen) atoms. The molecule has 0 aromatic carbocycles. The van der Waals surface area contributed by atoms with Crippen molar-refractivity contribution in [1.82, 2.24) is 14.7 Å². The highest BCUT2D eigenvalue weighted by Gasteiger charge is 2.52. The molecule has 0 aliphatic carbocycles. The lowest BCUT2D eigenvalue weighted by molar-refractivity contribution is -0.317. The summed E-state index contributed by atoms with van der Waals surface area (Å²) in [5.74, 6) is -1.64. The molecule has 0 bridgehead atoms. The fraction of sp³-hybridized carbons (Fsp3) is 0.944. The third-order valence-corrected chi connectivity index (χ3v) is 11.7. The Kier molecular flexibility index (Phi) is 13.2. The van der Waals surface area contributed by atoms with E-state index >= 15 is 0 Å². The van der Waals surface area contributed by atoms with E-state index in [2.05, 4.69) is 0 Å². The van der Waals surface area contributed by atoms with Crippen LogP contribution >= 0.6 is 0 Å². The van der Waals surface area contributed by atoms with Crippen molar-refractivity contribution in [3.63, 3.8) is 0 Å². The molecule has 4 aliphatic rings. The number of ether oxygens (including phenoxy) is 5. The van der Waals surface area contributed by atoms with E-state index in [1.807, 2.05) is 58.5 Å². The molecule has 0 aromatic heterocycles. The second-order valence-electron chi connectivity index (χ2n) is 16.3. The Hall–Kier alpha value is -1.42. The molecule has 4 rings (SSSR count). The topological polar surface area (TPSA) is 151 Å². The van der Waals surface area contributed by atoms with E-state index in [0.717, 1.165) is 12.8 Å². The zero-order valence-electron chi connectivity index (χ0n) is 31.7. The summed E-state index contributed by atoms with van der Waals surface area (Å²) in [5, 5.41) is 34.8. The number of hydrogen-bond acceptors (Lipinski definition) is 11. The number of amides is 2. The van der Waals surface area contributed by atoms with Crippen LogP contribution in [0.25, 0.3) is 0 Å². The van der Waals surface area contributed by atoms with Crippen molar-refractivity contribution >= 4 is 11.8 Å². The van der Waals surface area contributed by atoms with Gasteiger partial charge in [-0.2, -0.15) is 0 Å². The SMILES string of the molecule is CO[C@]1(C)C[C@H](O[C@H]2[C@H](C)[C@@H](O[C@@H]3O[C@H](C)C[C@H](N(C)C)[C@H]3O)[C@](C)(O)C[C@@H](C)CN(C)C(=O)C[C@@H]3CCCN3C(=O)[C@@H]2C)O[C@@H](C)[C@@H]1O. The number of fused-ring (bicyclic) bond motifs is 1. The van der Waals surface area contributed by atoms with Crippen LogP contribution in [0.3, 0.4) is 0 Å². The average molecular weight is 700 g/mol. The van der Waals surface area contributed by atoms with Gasteiger partial charge >= 0.3 is 0 Å². The first kappa shape index (κ1) is 40.4. The average Bonchev–Trinajstić information content (AvgIpc) is 3.48. The van der Waals surface area contributed by atoms with Gasteiger partial charge in [-0.05, 0) is 73.4 Å². The first-order chi connectivity index (χ1) is 22.8. The van der Waals surface area contributed by atoms with Crippen molar-refractivity contribution in [2.75, 3.05) is 41.3 Å². The lowest BCUT2D eigenvalue weighted by atomic mass is 9.77. The normalized spacial score (nSPS) is 46.6. The summed E-state index contributed by atoms with van der Waals surface area (Å²) in [6.07, 6.45) is -3.56. The van der Waals surface area contributed by atoms with Gasteiger partial charge in [-0.15, -0.1) is 0 Å². The van der Waals surface area contributed by atoms with Crippen LogP contribution in [0.15, 0.2) is 0 Å². The number of rotatable bonds is 6. The molecule has 4 saturated heterocycles. The number of methoxy groups -OCH3 is 1. The van der Waals surface area contributed by atoms with E-state index in [9.17, 15) is 24.9 Å². The van der Waals surface area contributed by atoms with Gasteiger partial charge in [-0.1, -0.05) is 20.8 Å². The summed E-state index contributed by atoms with van der Waals surface area (Å²) in [6, 6.07) is -0.455. The lowest BCUT2D eigenvalue weighted by Gasteiger charge is -2.49. The number of aliphatic hydroxyl groups is 3. The van der Waals surface area contributed by atoms with Crippen molar-refractivity contribution in [3.8, 4) is 0 Å². The number of nitrogens with zero attached hydrogens (tertiary/aromatic N) is 3. The zero-order valence-corrected chi connectivity index (χ0v) is 31.7. The van der Waals surface area contributed by atoms with E-state index < -0.39 is 66.1 Å². The summed E-state index contributed by atoms with van der Waals surface area (Å²) in [4.78, 5) is 33.3. The van der Waals surface area contributed by atoms with Gasteiger partial charge in [0.05, 0.1) is 41.5 Å². The lowest BCUT2D eigenvalue weighted by Crippen LogP contribution is -2.61. The Morgan fingerprint density at radius 2 is 1.67 bits per heavy atom. The first-order valence-corrected chi connectivity index (χ1v) is 18.3. The van der Waals surface area contributed by atoms with E-state index in [1.165, 1.54) is 0 Å². The fourth-order valence-corrected chi connectivity index (χ4v) is 8.83. The molecule has 15 atom stereocenters. The highest BCUT2D eigenvalue weighted by Crippen LogP contribution is 2.40. The first-order valence-electron chi connectivity index (χ1n) is 18.3. The Labute approximate surface area is 293 Å². The van der Waals surface area contributed by atoms with Crippen LogP contribution in [-0.2, 0) is 33.3 Å². The molecule has 0 spiro atoms. The van der Waals surface area contributed by atoms with Crippen molar-refractivity contribution in [3.05, 3.63) is 0 Å². The Balaban J connectivity index is 1.78. The van der Waals surface area contributed by atoms with Gasteiger partial charge in [0.2, 0.25) is 11.8 Å². The second-order valence-corrected chi connectivity index (χ2v) is 16.3. The van der Waals surface area contributed by atoms with E-state index in [4.69, 9.17) is 23.7 Å². The predicted octanol–water partition coefficient (Wildman–Crippen LogP) is 1.99. The third-order valence-electron chi connectivity index (χ3n) is 11.7. The summed E-state index contributed by atoms with van der Waals surface area (Å²) < 4.78 is 31.7. The molecule has 0 radical (unpaired) electrons. The van der Waals surface area contributed by atoms with Crippen LogP contribution in [-0.4, -0.2) is 156 Å². The molecule has 4 heterocycles. The maximum Gasteiger partial charge on any atom is 0.228 e. The van der Waals surface area contributed by atoms with Crippen molar-refractivity contribution in [2.24, 2.45) is 17.8 Å². The van der Waals surface area contributed by atoms with Gasteiger partial charge in [0.15, 0.2) is 12.6 Å². The molecule has 13 nitrogen and oxygen atoms in total. The van der Waals surface area contributed by atoms with Gasteiger partial charge in [-0.3, -0.25) is 9.59 Å². The van der Waals surface area contributed by atoms with Crippen LogP contribution < -0.4 is 0 Å². The van der Waals surface area contributed by atoms with Gasteiger partial charge < -0.3 is 53.7 Å². The number of carbonyl (C=O) groups excluding carboxylic acids is 2. The maximum atomic E-state index is 14.4. The minimum atomic E-state index is -1.50. The van der Waals surface area contributed by atoms with E-state index in [1.54, 1.807) is 32.9 Å². The third kappa shape index (κ3) is 8.97. The predicted molar refractivity (Wildman–Crippen MR) is 182 cm³/mol. The minimum absolute atomic E-state index is 0.0423. The summed E-state index contributed by atoms with van der Waals surface area (Å²) in [6.45, 7) is 13.9. The van der Waals surface area contributed by atoms with E-state index in [0.29, 0.717) is 19.5 Å². The Bertz CT molecular complexity index is 1130. The number of aliphatic hydroxyl groups excluding tert-OH is 2. The smallest absolute Gasteiger partial charge is 0.228 e. The van der Waals surface area contributed by atoms with Gasteiger partial charge in [-0.25, -0.2) is 0 Å². The highest BCUT2D eigenvalue weighted by atomic mass is 16.7. The Morgan fingerprint density at radius 3 is 2.31 bits per heavy atom. The van der Waals surface area contributed by atoms with Gasteiger partial charge in [0.1, 0.15) is 12.2 Å². The molecule has 2 amide bonds. The molecule has 0 saturated carbocycles. The molecule has 13 heteroatoms. The zero-order chi connectivity index (χ0) is 36.6. The summed E-state index contributed by atoms with van der Waals surface area (Å²) in [5.41, 5.74) is -2.45. The van der Waals surface area contributed by atoms with Crippen molar-refractivity contribution in [2.45, 2.75) is 159 Å². The maximum absolute atomic E-state index is 14.4. The standard InChI is InChI=1S/C36H65N3O10/c1-20-17-35(6,44)32(49-34-29(41)26(37(8)9)15-21(2)46-34)22(3)30(48-28-18-36(7,45-11)31(42)24(5)47-28)23(4)33(43)39-14-12-13-25(39)16-27(40)38(10)19-20/h20-26,28-32,34,41-42,44H,12-19H2,1-11H3/t20-,21-,22+,23-,24+,25+,26+,28+,29-,30+,31+,32-,34+,35-,36-/m1/s1. The second kappa shape index (κ2) is 16.1. The van der Waals surface area contributed by atoms with Crippen molar-refractivity contribution < 1.29 is 48.6 Å². The van der Waals surface area contributed by atoms with Crippen LogP contribution in [0.1, 0.15) is 87.0 Å².